The molecule has 0 amide bonds. The van der Waals surface area contributed by atoms with E-state index in [1.54, 1.807) is 16.8 Å². The number of hydrogen-bond donors (Lipinski definition) is 0. The molecule has 134 valence electrons. The molecular weight excluding hydrogens is 326 g/mol. The van der Waals surface area contributed by atoms with Crippen LogP contribution in [0.25, 0.3) is 10.2 Å². The van der Waals surface area contributed by atoms with Crippen LogP contribution in [-0.4, -0.2) is 22.6 Å². The lowest BCUT2D eigenvalue weighted by Crippen LogP contribution is -2.35. The van der Waals surface area contributed by atoms with Gasteiger partial charge >= 0.3 is 0 Å². The highest BCUT2D eigenvalue weighted by Crippen LogP contribution is 2.54. The maximum atomic E-state index is 4.85. The van der Waals surface area contributed by atoms with E-state index in [1.807, 2.05) is 11.3 Å². The van der Waals surface area contributed by atoms with Crippen LogP contribution < -0.4 is 4.90 Å². The molecule has 2 aromatic rings. The molecule has 4 heteroatoms. The van der Waals surface area contributed by atoms with Gasteiger partial charge in [-0.25, -0.2) is 9.97 Å². The maximum absolute atomic E-state index is 4.85. The minimum absolute atomic E-state index is 0.439. The minimum Gasteiger partial charge on any atom is -0.352 e. The summed E-state index contributed by atoms with van der Waals surface area (Å²) in [5, 5.41) is 1.39. The molecule has 25 heavy (non-hydrogen) atoms. The molecule has 2 fully saturated rings. The lowest BCUT2D eigenvalue weighted by molar-refractivity contribution is 0.136. The van der Waals surface area contributed by atoms with Crippen LogP contribution in [0.2, 0.25) is 0 Å². The molecule has 0 spiro atoms. The van der Waals surface area contributed by atoms with Crippen molar-refractivity contribution >= 4 is 27.4 Å². The molecule has 2 aliphatic carbocycles. The van der Waals surface area contributed by atoms with Gasteiger partial charge in [0.05, 0.1) is 5.39 Å². The molecule has 3 heterocycles. The average molecular weight is 356 g/mol. The minimum atomic E-state index is 0.439. The van der Waals surface area contributed by atoms with Crippen LogP contribution in [0.5, 0.6) is 0 Å². The summed E-state index contributed by atoms with van der Waals surface area (Å²) in [6.07, 6.45) is 9.49. The third-order valence-corrected chi connectivity index (χ3v) is 7.92. The number of fused-ring (bicyclic) bond motifs is 5. The Morgan fingerprint density at radius 3 is 2.88 bits per heavy atom. The highest BCUT2D eigenvalue weighted by Gasteiger charge is 2.50. The summed E-state index contributed by atoms with van der Waals surface area (Å²) >= 11 is 1.92. The van der Waals surface area contributed by atoms with Crippen molar-refractivity contribution < 1.29 is 0 Å². The summed E-state index contributed by atoms with van der Waals surface area (Å²) in [5.74, 6) is 2.05. The topological polar surface area (TPSA) is 29.0 Å². The highest BCUT2D eigenvalue weighted by molar-refractivity contribution is 7.19. The first-order valence-electron chi connectivity index (χ1n) is 9.86. The second kappa shape index (κ2) is 5.18. The van der Waals surface area contributed by atoms with Gasteiger partial charge in [0.2, 0.25) is 0 Å². The summed E-state index contributed by atoms with van der Waals surface area (Å²) in [5.41, 5.74) is 2.45. The van der Waals surface area contributed by atoms with Crippen LogP contribution in [0.3, 0.4) is 0 Å². The van der Waals surface area contributed by atoms with E-state index >= 15 is 0 Å². The van der Waals surface area contributed by atoms with Crippen molar-refractivity contribution in [3.05, 3.63) is 16.8 Å². The van der Waals surface area contributed by atoms with Crippen molar-refractivity contribution in [3.8, 4) is 0 Å². The van der Waals surface area contributed by atoms with E-state index in [4.69, 9.17) is 4.98 Å². The zero-order chi connectivity index (χ0) is 17.4. The summed E-state index contributed by atoms with van der Waals surface area (Å²) < 4.78 is 0. The zero-order valence-corrected chi connectivity index (χ0v) is 16.7. The number of hydrogen-bond acceptors (Lipinski definition) is 4. The summed E-state index contributed by atoms with van der Waals surface area (Å²) in [4.78, 5) is 15.0. The van der Waals surface area contributed by atoms with E-state index in [0.717, 1.165) is 12.5 Å². The van der Waals surface area contributed by atoms with Gasteiger partial charge in [0.1, 0.15) is 17.0 Å². The molecule has 0 aromatic carbocycles. The van der Waals surface area contributed by atoms with Crippen molar-refractivity contribution in [2.24, 2.45) is 16.7 Å². The third kappa shape index (κ3) is 2.51. The molecule has 1 saturated carbocycles. The van der Waals surface area contributed by atoms with Gasteiger partial charge in [-0.15, -0.1) is 11.3 Å². The first-order chi connectivity index (χ1) is 11.8. The Labute approximate surface area is 154 Å². The Morgan fingerprint density at radius 1 is 1.20 bits per heavy atom. The fourth-order valence-electron chi connectivity index (χ4n) is 6.18. The second-order valence-electron chi connectivity index (χ2n) is 10.1. The van der Waals surface area contributed by atoms with Crippen LogP contribution >= 0.6 is 11.3 Å². The van der Waals surface area contributed by atoms with Crippen LogP contribution in [0.15, 0.2) is 6.33 Å². The molecule has 2 bridgehead atoms. The molecular formula is C21H29N3S. The Bertz CT molecular complexity index is 839. The van der Waals surface area contributed by atoms with E-state index in [1.165, 1.54) is 54.6 Å². The Hall–Kier alpha value is -1.16. The Morgan fingerprint density at radius 2 is 2.04 bits per heavy atom. The van der Waals surface area contributed by atoms with Gasteiger partial charge in [-0.3, -0.25) is 0 Å². The Balaban J connectivity index is 1.62. The quantitative estimate of drug-likeness (QED) is 0.702. The normalized spacial score (nSPS) is 33.7. The van der Waals surface area contributed by atoms with E-state index in [0.29, 0.717) is 16.9 Å². The summed E-state index contributed by atoms with van der Waals surface area (Å²) in [7, 11) is 0. The molecule has 3 nitrogen and oxygen atoms in total. The zero-order valence-electron chi connectivity index (χ0n) is 15.9. The first-order valence-corrected chi connectivity index (χ1v) is 10.7. The van der Waals surface area contributed by atoms with Gasteiger partial charge in [-0.1, -0.05) is 27.7 Å². The van der Waals surface area contributed by atoms with Gasteiger partial charge in [0.15, 0.2) is 0 Å². The molecule has 0 unspecified atom stereocenters. The molecule has 1 aliphatic heterocycles. The molecule has 5 rings (SSSR count). The second-order valence-corrected chi connectivity index (χ2v) is 11.2. The predicted molar refractivity (Wildman–Crippen MR) is 105 cm³/mol. The van der Waals surface area contributed by atoms with Gasteiger partial charge in [0.25, 0.3) is 0 Å². The number of aromatic nitrogens is 2. The fourth-order valence-corrected chi connectivity index (χ4v) is 7.53. The van der Waals surface area contributed by atoms with E-state index in [-0.39, 0.29) is 0 Å². The predicted octanol–water partition coefficient (Wildman–Crippen LogP) is 5.22. The van der Waals surface area contributed by atoms with Crippen molar-refractivity contribution in [2.75, 3.05) is 11.4 Å². The number of thiophene rings is 1. The van der Waals surface area contributed by atoms with Gasteiger partial charge in [-0.2, -0.15) is 0 Å². The molecule has 1 saturated heterocycles. The number of aryl methyl sites for hydroxylation is 1. The summed E-state index contributed by atoms with van der Waals surface area (Å²) in [6, 6.07) is 0.643. The highest BCUT2D eigenvalue weighted by atomic mass is 32.1. The van der Waals surface area contributed by atoms with Crippen LogP contribution in [0.4, 0.5) is 5.82 Å². The van der Waals surface area contributed by atoms with Crippen LogP contribution in [-0.2, 0) is 12.8 Å². The van der Waals surface area contributed by atoms with Gasteiger partial charge < -0.3 is 4.90 Å². The number of anilines is 1. The van der Waals surface area contributed by atoms with Crippen LogP contribution in [0.1, 0.15) is 63.8 Å². The lowest BCUT2D eigenvalue weighted by atomic mass is 9.65. The SMILES string of the molecule is C[C@H]1CCc2c(sc3ncnc(N4C[C@]5(C)C[C@@H]4CC(C)(C)C5)c23)C1. The van der Waals surface area contributed by atoms with Gasteiger partial charge in [-0.05, 0) is 60.8 Å². The average Bonchev–Trinajstić information content (AvgIpc) is 2.99. The van der Waals surface area contributed by atoms with Crippen molar-refractivity contribution in [1.29, 1.82) is 0 Å². The monoisotopic (exact) mass is 355 g/mol. The maximum Gasteiger partial charge on any atom is 0.141 e. The fraction of sp³-hybridized carbons (Fsp3) is 0.714. The molecule has 2 aromatic heterocycles. The van der Waals surface area contributed by atoms with E-state index in [2.05, 4.69) is 37.6 Å². The standard InChI is InChI=1S/C21H29N3S/c1-13-5-6-15-16(7-13)25-19-17(15)18(22-12-23-19)24-11-21(4)9-14(24)8-20(2,3)10-21/h12-14H,5-11H2,1-4H3/t13-,14-,21+/m0/s1. The number of nitrogens with zero attached hydrogens (tertiary/aromatic N) is 3. The van der Waals surface area contributed by atoms with Gasteiger partial charge in [0, 0.05) is 17.5 Å². The third-order valence-electron chi connectivity index (χ3n) is 6.76. The smallest absolute Gasteiger partial charge is 0.141 e. The van der Waals surface area contributed by atoms with Crippen molar-refractivity contribution in [1.82, 2.24) is 9.97 Å². The van der Waals surface area contributed by atoms with Crippen molar-refractivity contribution in [3.63, 3.8) is 0 Å². The van der Waals surface area contributed by atoms with E-state index in [9.17, 15) is 0 Å². The first kappa shape index (κ1) is 16.0. The van der Waals surface area contributed by atoms with Crippen molar-refractivity contribution in [2.45, 2.75) is 72.3 Å². The van der Waals surface area contributed by atoms with Crippen LogP contribution in [0, 0.1) is 16.7 Å². The molecule has 3 aliphatic rings. The molecule has 0 radical (unpaired) electrons. The van der Waals surface area contributed by atoms with E-state index < -0.39 is 0 Å². The largest absolute Gasteiger partial charge is 0.352 e. The molecule has 3 atom stereocenters. The lowest BCUT2D eigenvalue weighted by Gasteiger charge is -2.39. The number of rotatable bonds is 1. The Kier molecular flexibility index (Phi) is 3.33. The summed E-state index contributed by atoms with van der Waals surface area (Å²) in [6.45, 7) is 10.9. The molecule has 0 N–H and O–H groups in total.